The molecule has 0 spiro atoms. The lowest BCUT2D eigenvalue weighted by Gasteiger charge is -2.31. The van der Waals surface area contributed by atoms with E-state index in [1.807, 2.05) is 17.9 Å². The first kappa shape index (κ1) is 29.3. The van der Waals surface area contributed by atoms with Crippen molar-refractivity contribution < 1.29 is 28.5 Å². The van der Waals surface area contributed by atoms with Gasteiger partial charge in [-0.2, -0.15) is 4.98 Å². The molecule has 2 fully saturated rings. The molecule has 0 bridgehead atoms. The molecule has 0 aliphatic carbocycles. The second-order valence-electron chi connectivity index (χ2n) is 11.2. The summed E-state index contributed by atoms with van der Waals surface area (Å²) in [5, 5.41) is 17.0. The number of aromatic nitrogens is 3. The molecule has 3 aliphatic heterocycles. The largest absolute Gasteiger partial charge is 0.485 e. The average Bonchev–Trinajstić information content (AvgIpc) is 3.42. The van der Waals surface area contributed by atoms with E-state index >= 15 is 0 Å². The molecular formula is C30H39N7O6. The van der Waals surface area contributed by atoms with Gasteiger partial charge in [0.1, 0.15) is 23.9 Å². The van der Waals surface area contributed by atoms with Gasteiger partial charge in [0.25, 0.3) is 5.91 Å². The number of oxazole rings is 1. The van der Waals surface area contributed by atoms with E-state index in [4.69, 9.17) is 18.6 Å². The fourth-order valence-electron chi connectivity index (χ4n) is 5.52. The SMILES string of the molecule is Cc1ncoc1COc1ccc2c(c1C)CCN(CC(O)CNC(=O)c1cc(NC3COC3)nc(N3CCOCC3)n1)C2. The summed E-state index contributed by atoms with van der Waals surface area (Å²) in [5.74, 6) is 2.29. The zero-order valence-corrected chi connectivity index (χ0v) is 24.7. The van der Waals surface area contributed by atoms with E-state index in [9.17, 15) is 9.90 Å². The maximum Gasteiger partial charge on any atom is 0.270 e. The number of nitrogens with one attached hydrogen (secondary N) is 2. The number of morpholine rings is 1. The molecule has 3 aromatic rings. The zero-order valence-electron chi connectivity index (χ0n) is 24.7. The van der Waals surface area contributed by atoms with Gasteiger partial charge in [-0.15, -0.1) is 0 Å². The lowest BCUT2D eigenvalue weighted by Crippen LogP contribution is -2.43. The van der Waals surface area contributed by atoms with Gasteiger partial charge in [0.15, 0.2) is 12.2 Å². The highest BCUT2D eigenvalue weighted by Crippen LogP contribution is 2.30. The van der Waals surface area contributed by atoms with Crippen molar-refractivity contribution in [2.45, 2.75) is 45.6 Å². The summed E-state index contributed by atoms with van der Waals surface area (Å²) in [6.45, 7) is 10.1. The van der Waals surface area contributed by atoms with Crippen LogP contribution in [0, 0.1) is 13.8 Å². The lowest BCUT2D eigenvalue weighted by molar-refractivity contribution is 0.0209. The van der Waals surface area contributed by atoms with Gasteiger partial charge in [0.05, 0.1) is 44.3 Å². The molecule has 13 nitrogen and oxygen atoms in total. The third-order valence-electron chi connectivity index (χ3n) is 8.12. The molecule has 1 atom stereocenters. The van der Waals surface area contributed by atoms with E-state index in [1.165, 1.54) is 17.5 Å². The number of ether oxygens (including phenoxy) is 3. The standard InChI is InChI=1S/C30H39N7O6/c1-19-24-5-6-36(13-21(24)3-4-26(19)42-17-27-20(2)32-18-43-27)14-23(38)12-31-29(39)25-11-28(33-22-15-41-16-22)35-30(34-25)37-7-9-40-10-8-37/h3-4,11,18,22-23,38H,5-10,12-17H2,1-2H3,(H,31,39)(H,33,34,35). The first-order chi connectivity index (χ1) is 20.9. The number of carbonyl (C=O) groups excluding carboxylic acids is 1. The van der Waals surface area contributed by atoms with E-state index in [0.717, 1.165) is 42.3 Å². The van der Waals surface area contributed by atoms with Gasteiger partial charge >= 0.3 is 0 Å². The molecule has 2 aromatic heterocycles. The Kier molecular flexibility index (Phi) is 9.03. The van der Waals surface area contributed by atoms with Crippen molar-refractivity contribution in [2.24, 2.45) is 0 Å². The van der Waals surface area contributed by atoms with Gasteiger partial charge in [0.2, 0.25) is 5.95 Å². The number of hydrogen-bond acceptors (Lipinski definition) is 12. The highest BCUT2D eigenvalue weighted by atomic mass is 16.5. The van der Waals surface area contributed by atoms with Crippen LogP contribution in [0.3, 0.4) is 0 Å². The molecule has 230 valence electrons. The molecule has 1 unspecified atom stereocenters. The summed E-state index contributed by atoms with van der Waals surface area (Å²) in [6.07, 6.45) is 1.55. The lowest BCUT2D eigenvalue weighted by atomic mass is 9.94. The number of nitrogens with zero attached hydrogens (tertiary/aromatic N) is 5. The van der Waals surface area contributed by atoms with Crippen molar-refractivity contribution in [3.8, 4) is 5.75 Å². The van der Waals surface area contributed by atoms with Crippen molar-refractivity contribution in [1.82, 2.24) is 25.2 Å². The van der Waals surface area contributed by atoms with Crippen LogP contribution in [0.15, 0.2) is 29.0 Å². The zero-order chi connectivity index (χ0) is 29.8. The van der Waals surface area contributed by atoms with E-state index in [2.05, 4.69) is 43.5 Å². The highest BCUT2D eigenvalue weighted by Gasteiger charge is 2.24. The molecule has 3 aliphatic rings. The maximum absolute atomic E-state index is 13.1. The first-order valence-corrected chi connectivity index (χ1v) is 14.8. The smallest absolute Gasteiger partial charge is 0.270 e. The van der Waals surface area contributed by atoms with Crippen LogP contribution in [0.1, 0.15) is 38.6 Å². The van der Waals surface area contributed by atoms with Gasteiger partial charge < -0.3 is 39.3 Å². The van der Waals surface area contributed by atoms with Gasteiger partial charge in [0, 0.05) is 45.3 Å². The average molecular weight is 594 g/mol. The number of fused-ring (bicyclic) bond motifs is 1. The Bertz CT molecular complexity index is 1420. The van der Waals surface area contributed by atoms with E-state index < -0.39 is 6.10 Å². The van der Waals surface area contributed by atoms with Gasteiger partial charge in [-0.1, -0.05) is 6.07 Å². The molecule has 6 rings (SSSR count). The van der Waals surface area contributed by atoms with Crippen LogP contribution in [-0.4, -0.2) is 102 Å². The van der Waals surface area contributed by atoms with Crippen LogP contribution in [0.25, 0.3) is 0 Å². The Morgan fingerprint density at radius 3 is 2.74 bits per heavy atom. The van der Waals surface area contributed by atoms with Gasteiger partial charge in [-0.05, 0) is 43.0 Å². The number of carbonyl (C=O) groups is 1. The Morgan fingerprint density at radius 1 is 1.16 bits per heavy atom. The Balaban J connectivity index is 1.03. The monoisotopic (exact) mass is 593 g/mol. The molecule has 0 radical (unpaired) electrons. The van der Waals surface area contributed by atoms with E-state index in [-0.39, 0.29) is 24.2 Å². The van der Waals surface area contributed by atoms with Crippen LogP contribution in [0.4, 0.5) is 11.8 Å². The second kappa shape index (κ2) is 13.2. The molecule has 1 aromatic carbocycles. The summed E-state index contributed by atoms with van der Waals surface area (Å²) >= 11 is 0. The number of aliphatic hydroxyl groups is 1. The molecule has 13 heteroatoms. The Morgan fingerprint density at radius 2 is 2.00 bits per heavy atom. The summed E-state index contributed by atoms with van der Waals surface area (Å²) < 4.78 is 22.1. The molecule has 3 N–H and O–H groups in total. The topological polar surface area (TPSA) is 147 Å². The van der Waals surface area contributed by atoms with Crippen LogP contribution < -0.4 is 20.3 Å². The predicted octanol–water partition coefficient (Wildman–Crippen LogP) is 1.46. The van der Waals surface area contributed by atoms with Gasteiger partial charge in [-0.25, -0.2) is 9.97 Å². The summed E-state index contributed by atoms with van der Waals surface area (Å²) in [7, 11) is 0. The normalized spacial score (nSPS) is 18.1. The fraction of sp³-hybridized carbons (Fsp3) is 0.533. The summed E-state index contributed by atoms with van der Waals surface area (Å²) in [5.41, 5.74) is 4.71. The number of β-amino-alcohol motifs (C(OH)–C–C–N with tert-alkyl or cyclic N) is 1. The van der Waals surface area contributed by atoms with Crippen molar-refractivity contribution in [1.29, 1.82) is 0 Å². The summed E-state index contributed by atoms with van der Waals surface area (Å²) in [6, 6.07) is 5.89. The minimum absolute atomic E-state index is 0.116. The van der Waals surface area contributed by atoms with Crippen molar-refractivity contribution in [3.63, 3.8) is 0 Å². The third kappa shape index (κ3) is 7.07. The maximum atomic E-state index is 13.1. The fourth-order valence-corrected chi connectivity index (χ4v) is 5.52. The van der Waals surface area contributed by atoms with Crippen molar-refractivity contribution in [2.75, 3.05) is 69.4 Å². The molecule has 2 saturated heterocycles. The summed E-state index contributed by atoms with van der Waals surface area (Å²) in [4.78, 5) is 30.6. The number of rotatable bonds is 11. The number of hydrogen-bond donors (Lipinski definition) is 3. The van der Waals surface area contributed by atoms with Crippen LogP contribution in [0.2, 0.25) is 0 Å². The molecule has 1 amide bonds. The van der Waals surface area contributed by atoms with E-state index in [1.54, 1.807) is 6.07 Å². The minimum atomic E-state index is -0.732. The second-order valence-corrected chi connectivity index (χ2v) is 11.2. The van der Waals surface area contributed by atoms with E-state index in [0.29, 0.717) is 64.4 Å². The van der Waals surface area contributed by atoms with Crippen LogP contribution >= 0.6 is 0 Å². The first-order valence-electron chi connectivity index (χ1n) is 14.8. The molecule has 5 heterocycles. The number of anilines is 2. The molecule has 0 saturated carbocycles. The Labute approximate surface area is 250 Å². The third-order valence-corrected chi connectivity index (χ3v) is 8.12. The molecular weight excluding hydrogens is 554 g/mol. The Hall–Kier alpha value is -3.78. The minimum Gasteiger partial charge on any atom is -0.485 e. The van der Waals surface area contributed by atoms with Crippen LogP contribution in [0.5, 0.6) is 5.75 Å². The molecule has 43 heavy (non-hydrogen) atoms. The van der Waals surface area contributed by atoms with Crippen molar-refractivity contribution in [3.05, 3.63) is 58.4 Å². The van der Waals surface area contributed by atoms with Crippen molar-refractivity contribution >= 4 is 17.7 Å². The number of aliphatic hydroxyl groups excluding tert-OH is 1. The van der Waals surface area contributed by atoms with Crippen LogP contribution in [-0.2, 0) is 29.0 Å². The van der Waals surface area contributed by atoms with Gasteiger partial charge in [-0.3, -0.25) is 9.69 Å². The number of amides is 1. The predicted molar refractivity (Wildman–Crippen MR) is 157 cm³/mol. The quantitative estimate of drug-likeness (QED) is 0.296. The number of benzene rings is 1. The number of aryl methyl sites for hydroxylation is 1. The highest BCUT2D eigenvalue weighted by molar-refractivity contribution is 5.93.